The van der Waals surface area contributed by atoms with Crippen LogP contribution < -0.4 is 4.74 Å². The van der Waals surface area contributed by atoms with Crippen molar-refractivity contribution in [3.05, 3.63) is 70.6 Å². The van der Waals surface area contributed by atoms with Crippen LogP contribution in [-0.2, 0) is 17.8 Å². The Balaban J connectivity index is 2.15. The van der Waals surface area contributed by atoms with Gasteiger partial charge in [0.2, 0.25) is 0 Å². The maximum Gasteiger partial charge on any atom is 0.127 e. The molecule has 1 unspecified atom stereocenters. The van der Waals surface area contributed by atoms with Crippen molar-refractivity contribution in [2.24, 2.45) is 0 Å². The predicted molar refractivity (Wildman–Crippen MR) is 85.1 cm³/mol. The summed E-state index contributed by atoms with van der Waals surface area (Å²) in [6.07, 6.45) is 3.49. The first-order chi connectivity index (χ1) is 9.65. The molecule has 0 saturated carbocycles. The monoisotopic (exact) mass is 286 g/mol. The Bertz CT molecular complexity index is 577. The third-order valence-electron chi connectivity index (χ3n) is 2.85. The molecule has 0 aromatic heterocycles. The van der Waals surface area contributed by atoms with Crippen LogP contribution in [0.25, 0.3) is 6.08 Å². The summed E-state index contributed by atoms with van der Waals surface area (Å²) in [5.41, 5.74) is 3.22. The van der Waals surface area contributed by atoms with E-state index < -0.39 is 11.2 Å². The Kier molecular flexibility index (Phi) is 5.27. The SMILES string of the molecule is Cc1ccc(/C=C/[S+](C)[O-])c(OCc2ccccc2)c1. The molecule has 0 saturated heterocycles. The highest BCUT2D eigenvalue weighted by Gasteiger charge is 2.03. The molecule has 0 N–H and O–H groups in total. The van der Waals surface area contributed by atoms with Gasteiger partial charge in [0.1, 0.15) is 17.8 Å². The molecular weight excluding hydrogens is 268 g/mol. The molecule has 0 amide bonds. The van der Waals surface area contributed by atoms with Crippen LogP contribution in [0.4, 0.5) is 0 Å². The fourth-order valence-corrected chi connectivity index (χ4v) is 2.15. The Morgan fingerprint density at radius 1 is 1.15 bits per heavy atom. The predicted octanol–water partition coefficient (Wildman–Crippen LogP) is 3.92. The van der Waals surface area contributed by atoms with Crippen LogP contribution in [0.5, 0.6) is 5.75 Å². The molecule has 0 heterocycles. The van der Waals surface area contributed by atoms with Crippen LogP contribution in [0.2, 0.25) is 0 Å². The molecule has 3 heteroatoms. The van der Waals surface area contributed by atoms with Crippen molar-refractivity contribution < 1.29 is 9.29 Å². The lowest BCUT2D eigenvalue weighted by Crippen LogP contribution is -1.97. The fraction of sp³-hybridized carbons (Fsp3) is 0.176. The van der Waals surface area contributed by atoms with Gasteiger partial charge in [0.05, 0.1) is 6.26 Å². The fourth-order valence-electron chi connectivity index (χ4n) is 1.81. The van der Waals surface area contributed by atoms with Gasteiger partial charge in [-0.3, -0.25) is 0 Å². The first-order valence-corrected chi connectivity index (χ1v) is 8.05. The lowest BCUT2D eigenvalue weighted by molar-refractivity contribution is 0.305. The van der Waals surface area contributed by atoms with E-state index in [9.17, 15) is 4.55 Å². The number of ether oxygens (including phenoxy) is 1. The van der Waals surface area contributed by atoms with Crippen molar-refractivity contribution in [3.63, 3.8) is 0 Å². The van der Waals surface area contributed by atoms with Crippen LogP contribution in [-0.4, -0.2) is 10.8 Å². The highest BCUT2D eigenvalue weighted by Crippen LogP contribution is 2.23. The molecule has 0 spiro atoms. The smallest absolute Gasteiger partial charge is 0.127 e. The lowest BCUT2D eigenvalue weighted by Gasteiger charge is -2.10. The molecule has 0 aliphatic carbocycles. The zero-order valence-electron chi connectivity index (χ0n) is 11.7. The molecular formula is C17H18O2S. The van der Waals surface area contributed by atoms with E-state index in [0.29, 0.717) is 6.61 Å². The first-order valence-electron chi connectivity index (χ1n) is 6.43. The van der Waals surface area contributed by atoms with E-state index in [1.165, 1.54) is 0 Å². The Morgan fingerprint density at radius 3 is 2.60 bits per heavy atom. The minimum Gasteiger partial charge on any atom is -0.612 e. The molecule has 0 aliphatic rings. The van der Waals surface area contributed by atoms with Gasteiger partial charge in [-0.2, -0.15) is 0 Å². The van der Waals surface area contributed by atoms with Crippen molar-refractivity contribution >= 4 is 17.3 Å². The summed E-state index contributed by atoms with van der Waals surface area (Å²) < 4.78 is 17.0. The summed E-state index contributed by atoms with van der Waals surface area (Å²) in [6, 6.07) is 16.1. The van der Waals surface area contributed by atoms with Gasteiger partial charge in [-0.1, -0.05) is 42.5 Å². The minimum absolute atomic E-state index is 0.528. The number of benzene rings is 2. The van der Waals surface area contributed by atoms with Crippen molar-refractivity contribution in [1.29, 1.82) is 0 Å². The Morgan fingerprint density at radius 2 is 1.90 bits per heavy atom. The topological polar surface area (TPSA) is 32.3 Å². The van der Waals surface area contributed by atoms with E-state index in [0.717, 1.165) is 22.4 Å². The minimum atomic E-state index is -0.956. The van der Waals surface area contributed by atoms with E-state index in [-0.39, 0.29) is 0 Å². The van der Waals surface area contributed by atoms with Crippen molar-refractivity contribution in [1.82, 2.24) is 0 Å². The zero-order chi connectivity index (χ0) is 14.4. The van der Waals surface area contributed by atoms with E-state index in [4.69, 9.17) is 4.74 Å². The highest BCUT2D eigenvalue weighted by atomic mass is 32.2. The van der Waals surface area contributed by atoms with Crippen LogP contribution in [0, 0.1) is 6.92 Å². The molecule has 2 rings (SSSR count). The van der Waals surface area contributed by atoms with Crippen molar-refractivity contribution in [2.75, 3.05) is 6.26 Å². The molecule has 1 atom stereocenters. The number of rotatable bonds is 5. The normalized spacial score (nSPS) is 12.6. The van der Waals surface area contributed by atoms with Crippen LogP contribution >= 0.6 is 0 Å². The molecule has 0 radical (unpaired) electrons. The average molecular weight is 286 g/mol. The molecule has 2 aromatic carbocycles. The van der Waals surface area contributed by atoms with Crippen molar-refractivity contribution in [2.45, 2.75) is 13.5 Å². The number of aryl methyl sites for hydroxylation is 1. The van der Waals surface area contributed by atoms with Gasteiger partial charge in [0.25, 0.3) is 0 Å². The summed E-state index contributed by atoms with van der Waals surface area (Å²) in [4.78, 5) is 0. The summed E-state index contributed by atoms with van der Waals surface area (Å²) in [7, 11) is 0. The second-order valence-electron chi connectivity index (χ2n) is 4.62. The van der Waals surface area contributed by atoms with Gasteiger partial charge in [0.15, 0.2) is 0 Å². The second-order valence-corrected chi connectivity index (χ2v) is 5.89. The third kappa shape index (κ3) is 4.44. The molecule has 0 fully saturated rings. The summed E-state index contributed by atoms with van der Waals surface area (Å²) in [6.45, 7) is 2.56. The van der Waals surface area contributed by atoms with Gasteiger partial charge < -0.3 is 9.29 Å². The van der Waals surface area contributed by atoms with Crippen LogP contribution in [0.15, 0.2) is 53.9 Å². The Hall–Kier alpha value is -1.71. The van der Waals surface area contributed by atoms with E-state index >= 15 is 0 Å². The van der Waals surface area contributed by atoms with E-state index in [1.807, 2.05) is 61.5 Å². The molecule has 2 aromatic rings. The second kappa shape index (κ2) is 7.17. The highest BCUT2D eigenvalue weighted by molar-refractivity contribution is 7.93. The molecule has 20 heavy (non-hydrogen) atoms. The zero-order valence-corrected chi connectivity index (χ0v) is 12.5. The third-order valence-corrected chi connectivity index (χ3v) is 3.36. The van der Waals surface area contributed by atoms with E-state index in [2.05, 4.69) is 0 Å². The molecule has 2 nitrogen and oxygen atoms in total. The summed E-state index contributed by atoms with van der Waals surface area (Å²) in [5.74, 6) is 0.815. The maximum absolute atomic E-state index is 11.2. The van der Waals surface area contributed by atoms with Gasteiger partial charge in [-0.25, -0.2) is 0 Å². The van der Waals surface area contributed by atoms with E-state index in [1.54, 1.807) is 11.7 Å². The first kappa shape index (κ1) is 14.7. The van der Waals surface area contributed by atoms with Gasteiger partial charge >= 0.3 is 0 Å². The summed E-state index contributed by atoms with van der Waals surface area (Å²) in [5, 5.41) is 1.67. The average Bonchev–Trinajstić information content (AvgIpc) is 2.45. The molecule has 0 bridgehead atoms. The molecule has 104 valence electrons. The maximum atomic E-state index is 11.2. The van der Waals surface area contributed by atoms with Crippen LogP contribution in [0.1, 0.15) is 16.7 Å². The molecule has 0 aliphatic heterocycles. The summed E-state index contributed by atoms with van der Waals surface area (Å²) >= 11 is -0.956. The Labute approximate surface area is 123 Å². The van der Waals surface area contributed by atoms with Gasteiger partial charge in [-0.15, -0.1) is 0 Å². The van der Waals surface area contributed by atoms with Crippen molar-refractivity contribution in [3.8, 4) is 5.75 Å². The number of hydrogen-bond acceptors (Lipinski definition) is 2. The largest absolute Gasteiger partial charge is 0.612 e. The number of hydrogen-bond donors (Lipinski definition) is 0. The lowest BCUT2D eigenvalue weighted by atomic mass is 10.1. The van der Waals surface area contributed by atoms with Gasteiger partial charge in [0, 0.05) is 5.56 Å². The standard InChI is InChI=1S/C17H18O2S/c1-14-8-9-16(10-11-20(2)18)17(12-14)19-13-15-6-4-3-5-7-15/h3-12H,13H2,1-2H3/b11-10+. The van der Waals surface area contributed by atoms with Gasteiger partial charge in [-0.05, 0) is 41.4 Å². The van der Waals surface area contributed by atoms with Crippen LogP contribution in [0.3, 0.4) is 0 Å². The quantitative estimate of drug-likeness (QED) is 0.780.